The minimum Gasteiger partial charge on any atom is -0.481 e. The molecule has 2 aromatic rings. The molecular formula is C13H12F2N2OS. The molecule has 0 radical (unpaired) electrons. The van der Waals surface area contributed by atoms with Crippen molar-refractivity contribution in [1.82, 2.24) is 4.98 Å². The van der Waals surface area contributed by atoms with Gasteiger partial charge in [0.25, 0.3) is 0 Å². The van der Waals surface area contributed by atoms with Crippen molar-refractivity contribution in [3.8, 4) is 5.88 Å². The fourth-order valence-electron chi connectivity index (χ4n) is 1.59. The molecule has 3 nitrogen and oxygen atoms in total. The van der Waals surface area contributed by atoms with E-state index in [1.54, 1.807) is 18.3 Å². The fourth-order valence-corrected chi connectivity index (χ4v) is 2.50. The predicted molar refractivity (Wildman–Crippen MR) is 71.1 cm³/mol. The average Bonchev–Trinajstić information content (AvgIpc) is 2.38. The van der Waals surface area contributed by atoms with Crippen molar-refractivity contribution in [2.45, 2.75) is 10.6 Å². The summed E-state index contributed by atoms with van der Waals surface area (Å²) in [6.45, 7) is 0. The molecule has 0 aliphatic heterocycles. The van der Waals surface area contributed by atoms with Crippen molar-refractivity contribution in [2.24, 2.45) is 0 Å². The van der Waals surface area contributed by atoms with Crippen LogP contribution in [0.1, 0.15) is 5.56 Å². The maximum absolute atomic E-state index is 13.6. The van der Waals surface area contributed by atoms with Crippen LogP contribution in [-0.4, -0.2) is 12.1 Å². The van der Waals surface area contributed by atoms with Gasteiger partial charge in [0, 0.05) is 23.2 Å². The standard InChI is InChI=1S/C13H12F2N2OS/c1-18-13-8(3-2-4-17-13)7-19-12-10(14)5-9(16)6-11(12)15/h2-6H,7,16H2,1H3. The van der Waals surface area contributed by atoms with Gasteiger partial charge in [-0.25, -0.2) is 13.8 Å². The summed E-state index contributed by atoms with van der Waals surface area (Å²) in [5.41, 5.74) is 6.20. The number of anilines is 1. The van der Waals surface area contributed by atoms with Crippen molar-refractivity contribution >= 4 is 17.4 Å². The molecule has 1 aromatic heterocycles. The summed E-state index contributed by atoms with van der Waals surface area (Å²) >= 11 is 1.04. The molecule has 2 rings (SSSR count). The Morgan fingerprint density at radius 2 is 2.00 bits per heavy atom. The van der Waals surface area contributed by atoms with Crippen molar-refractivity contribution in [1.29, 1.82) is 0 Å². The summed E-state index contributed by atoms with van der Waals surface area (Å²) in [5.74, 6) is -0.517. The number of ether oxygens (including phenoxy) is 1. The molecule has 19 heavy (non-hydrogen) atoms. The van der Waals surface area contributed by atoms with Gasteiger partial charge < -0.3 is 10.5 Å². The van der Waals surface area contributed by atoms with Crippen molar-refractivity contribution in [2.75, 3.05) is 12.8 Å². The lowest BCUT2D eigenvalue weighted by Gasteiger charge is -2.08. The van der Waals surface area contributed by atoms with Gasteiger partial charge in [0.1, 0.15) is 11.6 Å². The summed E-state index contributed by atoms with van der Waals surface area (Å²) in [6.07, 6.45) is 1.59. The second kappa shape index (κ2) is 5.88. The van der Waals surface area contributed by atoms with Crippen LogP contribution in [0.4, 0.5) is 14.5 Å². The largest absolute Gasteiger partial charge is 0.481 e. The summed E-state index contributed by atoms with van der Waals surface area (Å²) in [5, 5.41) is 0. The van der Waals surface area contributed by atoms with Crippen LogP contribution in [0.3, 0.4) is 0 Å². The number of hydrogen-bond donors (Lipinski definition) is 1. The molecule has 100 valence electrons. The molecule has 0 saturated heterocycles. The van der Waals surface area contributed by atoms with E-state index in [0.29, 0.717) is 11.6 Å². The van der Waals surface area contributed by atoms with Crippen molar-refractivity contribution in [3.05, 3.63) is 47.7 Å². The third-order valence-corrected chi connectivity index (χ3v) is 3.57. The number of benzene rings is 1. The number of nitrogen functional groups attached to an aromatic ring is 1. The van der Waals surface area contributed by atoms with Crippen LogP contribution in [0.25, 0.3) is 0 Å². The molecule has 2 N–H and O–H groups in total. The molecule has 6 heteroatoms. The van der Waals surface area contributed by atoms with E-state index >= 15 is 0 Å². The number of methoxy groups -OCH3 is 1. The van der Waals surface area contributed by atoms with Gasteiger partial charge >= 0.3 is 0 Å². The summed E-state index contributed by atoms with van der Waals surface area (Å²) < 4.78 is 32.3. The van der Waals surface area contributed by atoms with E-state index in [9.17, 15) is 8.78 Å². The Balaban J connectivity index is 2.19. The summed E-state index contributed by atoms with van der Waals surface area (Å²) in [6, 6.07) is 5.75. The summed E-state index contributed by atoms with van der Waals surface area (Å²) in [7, 11) is 1.50. The highest BCUT2D eigenvalue weighted by molar-refractivity contribution is 7.98. The maximum atomic E-state index is 13.6. The zero-order chi connectivity index (χ0) is 13.8. The van der Waals surface area contributed by atoms with Crippen LogP contribution in [0.15, 0.2) is 35.4 Å². The second-order valence-electron chi connectivity index (χ2n) is 3.77. The first-order valence-electron chi connectivity index (χ1n) is 5.47. The van der Waals surface area contributed by atoms with Crippen LogP contribution in [0.5, 0.6) is 5.88 Å². The Morgan fingerprint density at radius 3 is 2.63 bits per heavy atom. The van der Waals surface area contributed by atoms with E-state index < -0.39 is 11.6 Å². The normalized spacial score (nSPS) is 10.5. The molecule has 0 spiro atoms. The highest BCUT2D eigenvalue weighted by Crippen LogP contribution is 2.31. The predicted octanol–water partition coefficient (Wildman–Crippen LogP) is 3.24. The summed E-state index contributed by atoms with van der Waals surface area (Å²) in [4.78, 5) is 3.97. The molecule has 0 atom stereocenters. The monoisotopic (exact) mass is 282 g/mol. The SMILES string of the molecule is COc1ncccc1CSc1c(F)cc(N)cc1F. The van der Waals surface area contributed by atoms with Crippen LogP contribution in [0, 0.1) is 11.6 Å². The lowest BCUT2D eigenvalue weighted by Crippen LogP contribution is -1.96. The van der Waals surface area contributed by atoms with E-state index in [-0.39, 0.29) is 10.6 Å². The Morgan fingerprint density at radius 1 is 1.32 bits per heavy atom. The second-order valence-corrected chi connectivity index (χ2v) is 4.76. The third-order valence-electron chi connectivity index (χ3n) is 2.44. The Hall–Kier alpha value is -1.82. The molecule has 0 fully saturated rings. The molecule has 0 amide bonds. The lowest BCUT2D eigenvalue weighted by molar-refractivity contribution is 0.394. The van der Waals surface area contributed by atoms with Gasteiger partial charge in [-0.1, -0.05) is 6.07 Å². The first kappa shape index (κ1) is 13.6. The minimum atomic E-state index is -0.662. The number of pyridine rings is 1. The fraction of sp³-hybridized carbons (Fsp3) is 0.154. The minimum absolute atomic E-state index is 0.0555. The zero-order valence-electron chi connectivity index (χ0n) is 10.2. The molecule has 1 aromatic carbocycles. The molecule has 0 unspecified atom stereocenters. The third kappa shape index (κ3) is 3.14. The molecular weight excluding hydrogens is 270 g/mol. The highest BCUT2D eigenvalue weighted by atomic mass is 32.2. The molecule has 0 aliphatic carbocycles. The zero-order valence-corrected chi connectivity index (χ0v) is 11.0. The average molecular weight is 282 g/mol. The number of hydrogen-bond acceptors (Lipinski definition) is 4. The maximum Gasteiger partial charge on any atom is 0.217 e. The Bertz CT molecular complexity index is 570. The smallest absolute Gasteiger partial charge is 0.217 e. The number of nitrogens with two attached hydrogens (primary N) is 1. The van der Waals surface area contributed by atoms with Crippen LogP contribution < -0.4 is 10.5 Å². The highest BCUT2D eigenvalue weighted by Gasteiger charge is 2.12. The van der Waals surface area contributed by atoms with Gasteiger partial charge in [-0.05, 0) is 18.2 Å². The van der Waals surface area contributed by atoms with Crippen LogP contribution in [0.2, 0.25) is 0 Å². The Kier molecular flexibility index (Phi) is 4.21. The Labute approximate surface area is 113 Å². The van der Waals surface area contributed by atoms with Crippen molar-refractivity contribution in [3.63, 3.8) is 0 Å². The first-order chi connectivity index (χ1) is 9.11. The van der Waals surface area contributed by atoms with Gasteiger partial charge in [0.15, 0.2) is 0 Å². The number of halogens is 2. The van der Waals surface area contributed by atoms with Gasteiger partial charge in [0.05, 0.1) is 12.0 Å². The van der Waals surface area contributed by atoms with E-state index in [1.807, 2.05) is 0 Å². The van der Waals surface area contributed by atoms with Gasteiger partial charge in [0.2, 0.25) is 5.88 Å². The molecule has 0 aliphatic rings. The lowest BCUT2D eigenvalue weighted by atomic mass is 10.3. The molecule has 0 saturated carbocycles. The van der Waals surface area contributed by atoms with Gasteiger partial charge in [-0.15, -0.1) is 11.8 Å². The topological polar surface area (TPSA) is 48.1 Å². The van der Waals surface area contributed by atoms with E-state index in [4.69, 9.17) is 10.5 Å². The van der Waals surface area contributed by atoms with Crippen molar-refractivity contribution < 1.29 is 13.5 Å². The first-order valence-corrected chi connectivity index (χ1v) is 6.45. The molecule has 0 bridgehead atoms. The van der Waals surface area contributed by atoms with Crippen LogP contribution in [-0.2, 0) is 5.75 Å². The number of aromatic nitrogens is 1. The van der Waals surface area contributed by atoms with E-state index in [0.717, 1.165) is 29.5 Å². The molecule has 1 heterocycles. The van der Waals surface area contributed by atoms with Gasteiger partial charge in [-0.3, -0.25) is 0 Å². The van der Waals surface area contributed by atoms with Crippen LogP contribution >= 0.6 is 11.8 Å². The number of nitrogens with zero attached hydrogens (tertiary/aromatic N) is 1. The number of thioether (sulfide) groups is 1. The van der Waals surface area contributed by atoms with E-state index in [1.165, 1.54) is 7.11 Å². The number of rotatable bonds is 4. The van der Waals surface area contributed by atoms with Gasteiger partial charge in [-0.2, -0.15) is 0 Å². The van der Waals surface area contributed by atoms with E-state index in [2.05, 4.69) is 4.98 Å². The quantitative estimate of drug-likeness (QED) is 0.691.